The molecule has 1 aliphatic carbocycles. The maximum atomic E-state index is 14.0. The first kappa shape index (κ1) is 52.2. The number of nitrogens with one attached hydrogen (secondary N) is 4. The third-order valence-electron chi connectivity index (χ3n) is 12.6. The number of anilines is 2. The number of carbonyl (C=O) groups excluding carboxylic acids is 6. The van der Waals surface area contributed by atoms with Gasteiger partial charge in [-0.1, -0.05) is 62.4 Å². The summed E-state index contributed by atoms with van der Waals surface area (Å²) in [6, 6.07) is 11.4. The topological polar surface area (TPSA) is 244 Å². The van der Waals surface area contributed by atoms with Gasteiger partial charge in [-0.25, -0.2) is 14.8 Å². The highest BCUT2D eigenvalue weighted by Gasteiger charge is 2.46. The highest BCUT2D eigenvalue weighted by atomic mass is 35.5. The zero-order chi connectivity index (χ0) is 49.8. The molecule has 4 heterocycles. The number of aromatic nitrogens is 2. The number of carboxylic acids is 1. The second-order valence-corrected chi connectivity index (χ2v) is 17.8. The summed E-state index contributed by atoms with van der Waals surface area (Å²) in [6.07, 6.45) is 2.70. The lowest BCUT2D eigenvalue weighted by Gasteiger charge is -2.38. The number of fused-ring (bicyclic) bond motifs is 2. The number of rotatable bonds is 19. The number of amides is 6. The van der Waals surface area contributed by atoms with E-state index in [4.69, 9.17) is 21.5 Å². The number of unbranched alkanes of at least 4 members (excludes halogenated alkanes) is 5. The van der Waals surface area contributed by atoms with Gasteiger partial charge in [0.2, 0.25) is 23.6 Å². The van der Waals surface area contributed by atoms with Crippen LogP contribution in [0.2, 0.25) is 5.02 Å². The van der Waals surface area contributed by atoms with Crippen LogP contribution in [-0.2, 0) is 24.0 Å². The molecule has 18 nitrogen and oxygen atoms in total. The first-order chi connectivity index (χ1) is 33.0. The van der Waals surface area contributed by atoms with E-state index in [0.717, 1.165) is 60.4 Å². The molecule has 3 aliphatic heterocycles. The van der Waals surface area contributed by atoms with Crippen LogP contribution in [0.5, 0.6) is 0 Å². The molecule has 6 amide bonds. The number of aliphatic hydroxyl groups is 1. The number of nitrogens with zero attached hydrogens (tertiary/aromatic N) is 5. The van der Waals surface area contributed by atoms with Crippen LogP contribution in [0, 0.1) is 0 Å². The SMILES string of the molecule is C[C@@H]1C[C@@H](O)c2ncnc(N3CCN(C(=O)[C@H](CNCCC(=O)NCCCCCCCCNc4cccc5c4C(=O)N(C4CCC(=O)NC4=O)C5=O)c4ccc(Cl)cc4)CC3)c21.O=C(O)C(F)(F)F. The van der Waals surface area contributed by atoms with E-state index < -0.39 is 53.8 Å². The Hall–Kier alpha value is -6.19. The Kier molecular flexibility index (Phi) is 18.1. The molecular weight excluding hydrogens is 927 g/mol. The summed E-state index contributed by atoms with van der Waals surface area (Å²) in [5.74, 6) is -4.30. The van der Waals surface area contributed by atoms with Crippen LogP contribution in [0.15, 0.2) is 48.8 Å². The molecule has 372 valence electrons. The van der Waals surface area contributed by atoms with Crippen molar-refractivity contribution in [3.05, 3.63) is 81.8 Å². The fourth-order valence-electron chi connectivity index (χ4n) is 8.96. The van der Waals surface area contributed by atoms with Gasteiger partial charge in [0.1, 0.15) is 18.2 Å². The molecule has 3 aromatic rings. The second kappa shape index (κ2) is 23.9. The zero-order valence-corrected chi connectivity index (χ0v) is 38.9. The normalized spacial score (nSPS) is 19.3. The van der Waals surface area contributed by atoms with E-state index in [1.165, 1.54) is 6.33 Å². The van der Waals surface area contributed by atoms with Crippen LogP contribution in [0.25, 0.3) is 0 Å². The molecule has 1 unspecified atom stereocenters. The van der Waals surface area contributed by atoms with Crippen LogP contribution in [-0.4, -0.2) is 136 Å². The van der Waals surface area contributed by atoms with E-state index in [-0.39, 0.29) is 41.7 Å². The highest BCUT2D eigenvalue weighted by Crippen LogP contribution is 2.43. The van der Waals surface area contributed by atoms with Gasteiger partial charge in [-0.2, -0.15) is 13.2 Å². The number of hydrogen-bond donors (Lipinski definition) is 6. The standard InChI is InChI=1S/C45H56ClN9O7.C2HF3O2/c1-28-25-35(56)40-38(28)41(51-27-50-40)53-21-23-54(24-22-53)43(60)32(29-11-13-30(46)14-12-29)26-47-20-17-36(57)49-19-7-5-3-2-4-6-18-48-33-10-8-9-31-39(33)45(62)55(44(31)61)34-15-16-37(58)52-42(34)59;3-2(4,5)1(6)7/h8-14,27-28,32,34-35,47-48,56H,2-7,15-26H2,1H3,(H,49,57)(H,52,58,59);(H,6,7)/t28-,32-,34?,35-;/m1./s1. The van der Waals surface area contributed by atoms with Gasteiger partial charge in [0.05, 0.1) is 28.8 Å². The van der Waals surface area contributed by atoms with Crippen molar-refractivity contribution in [1.29, 1.82) is 0 Å². The molecule has 4 atom stereocenters. The zero-order valence-electron chi connectivity index (χ0n) is 38.2. The Balaban J connectivity index is 0.00000104. The van der Waals surface area contributed by atoms with Gasteiger partial charge in [0, 0.05) is 81.5 Å². The summed E-state index contributed by atoms with van der Waals surface area (Å²) in [6.45, 7) is 6.44. The number of imide groups is 2. The van der Waals surface area contributed by atoms with Gasteiger partial charge in [0.15, 0.2) is 0 Å². The smallest absolute Gasteiger partial charge is 0.475 e. The number of piperazine rings is 1. The van der Waals surface area contributed by atoms with Gasteiger partial charge >= 0.3 is 12.1 Å². The fraction of sp³-hybridized carbons (Fsp3) is 0.511. The Morgan fingerprint density at radius 3 is 2.23 bits per heavy atom. The number of piperidine rings is 1. The number of aliphatic hydroxyl groups excluding tert-OH is 1. The van der Waals surface area contributed by atoms with Crippen molar-refractivity contribution in [2.45, 2.75) is 101 Å². The monoisotopic (exact) mass is 983 g/mol. The number of carbonyl (C=O) groups is 7. The van der Waals surface area contributed by atoms with Gasteiger partial charge < -0.3 is 36.0 Å². The van der Waals surface area contributed by atoms with E-state index in [1.54, 1.807) is 30.3 Å². The van der Waals surface area contributed by atoms with Crippen molar-refractivity contribution >= 4 is 64.5 Å². The molecule has 22 heteroatoms. The quantitative estimate of drug-likeness (QED) is 0.0706. The molecule has 69 heavy (non-hydrogen) atoms. The Morgan fingerprint density at radius 2 is 1.57 bits per heavy atom. The predicted octanol–water partition coefficient (Wildman–Crippen LogP) is 4.69. The minimum Gasteiger partial charge on any atom is -0.475 e. The predicted molar refractivity (Wildman–Crippen MR) is 247 cm³/mol. The summed E-state index contributed by atoms with van der Waals surface area (Å²) in [7, 11) is 0. The average molecular weight is 984 g/mol. The minimum atomic E-state index is -5.08. The molecule has 2 saturated heterocycles. The first-order valence-corrected chi connectivity index (χ1v) is 23.5. The number of aliphatic carboxylic acids is 1. The van der Waals surface area contributed by atoms with E-state index >= 15 is 0 Å². The van der Waals surface area contributed by atoms with Gasteiger partial charge in [-0.05, 0) is 61.4 Å². The highest BCUT2D eigenvalue weighted by molar-refractivity contribution is 6.30. The van der Waals surface area contributed by atoms with E-state index in [0.29, 0.717) is 81.6 Å². The van der Waals surface area contributed by atoms with E-state index in [9.17, 15) is 47.0 Å². The Labute approximate surface area is 401 Å². The maximum Gasteiger partial charge on any atom is 0.490 e. The molecule has 2 aromatic carbocycles. The lowest BCUT2D eigenvalue weighted by Crippen LogP contribution is -2.54. The first-order valence-electron chi connectivity index (χ1n) is 23.1. The second-order valence-electron chi connectivity index (χ2n) is 17.4. The molecule has 6 N–H and O–H groups in total. The van der Waals surface area contributed by atoms with Crippen molar-refractivity contribution in [3.63, 3.8) is 0 Å². The summed E-state index contributed by atoms with van der Waals surface area (Å²) in [5, 5.41) is 30.0. The molecular formula is C47H57ClF3N9O9. The van der Waals surface area contributed by atoms with Crippen LogP contribution in [0.1, 0.15) is 127 Å². The van der Waals surface area contributed by atoms with Crippen LogP contribution < -0.4 is 26.2 Å². The molecule has 7 rings (SSSR count). The molecule has 2 fully saturated rings. The van der Waals surface area contributed by atoms with Crippen LogP contribution in [0.4, 0.5) is 24.7 Å². The van der Waals surface area contributed by atoms with Crippen molar-refractivity contribution in [2.24, 2.45) is 0 Å². The van der Waals surface area contributed by atoms with Gasteiger partial charge in [0.25, 0.3) is 11.8 Å². The molecule has 0 saturated carbocycles. The van der Waals surface area contributed by atoms with Crippen LogP contribution in [0.3, 0.4) is 0 Å². The average Bonchev–Trinajstić information content (AvgIpc) is 3.76. The third kappa shape index (κ3) is 13.3. The summed E-state index contributed by atoms with van der Waals surface area (Å²) < 4.78 is 31.7. The van der Waals surface area contributed by atoms with Crippen molar-refractivity contribution < 1.29 is 56.9 Å². The van der Waals surface area contributed by atoms with Crippen molar-refractivity contribution in [1.82, 2.24) is 35.7 Å². The minimum absolute atomic E-state index is 0.0190. The molecule has 0 radical (unpaired) electrons. The molecule has 0 bridgehead atoms. The summed E-state index contributed by atoms with van der Waals surface area (Å²) >= 11 is 6.18. The lowest BCUT2D eigenvalue weighted by atomic mass is 9.97. The fourth-order valence-corrected chi connectivity index (χ4v) is 9.09. The van der Waals surface area contributed by atoms with Crippen molar-refractivity contribution in [3.8, 4) is 0 Å². The molecule has 4 aliphatic rings. The molecule has 1 aromatic heterocycles. The number of alkyl halides is 3. The number of carboxylic acid groups (broad SMARTS) is 1. The maximum absolute atomic E-state index is 14.0. The van der Waals surface area contributed by atoms with Crippen molar-refractivity contribution in [2.75, 3.05) is 62.6 Å². The van der Waals surface area contributed by atoms with Gasteiger partial charge in [-0.15, -0.1) is 0 Å². The summed E-state index contributed by atoms with van der Waals surface area (Å²) in [4.78, 5) is 99.9. The number of halogens is 4. The third-order valence-corrected chi connectivity index (χ3v) is 12.8. The molecule has 0 spiro atoms. The van der Waals surface area contributed by atoms with E-state index in [1.807, 2.05) is 17.0 Å². The van der Waals surface area contributed by atoms with Crippen LogP contribution >= 0.6 is 11.6 Å². The van der Waals surface area contributed by atoms with E-state index in [2.05, 4.69) is 43.1 Å². The Bertz CT molecular complexity index is 2370. The Morgan fingerprint density at radius 1 is 0.899 bits per heavy atom. The van der Waals surface area contributed by atoms with Gasteiger partial charge in [-0.3, -0.25) is 39.0 Å². The number of hydrogen-bond acceptors (Lipinski definition) is 13. The largest absolute Gasteiger partial charge is 0.490 e. The number of benzene rings is 2. The lowest BCUT2D eigenvalue weighted by molar-refractivity contribution is -0.192. The summed E-state index contributed by atoms with van der Waals surface area (Å²) in [5.41, 5.74) is 3.65.